The fourth-order valence-corrected chi connectivity index (χ4v) is 3.30. The lowest BCUT2D eigenvalue weighted by molar-refractivity contribution is 0.0784. The Morgan fingerprint density at radius 1 is 1.12 bits per heavy atom. The van der Waals surface area contributed by atoms with Crippen LogP contribution >= 0.6 is 0 Å². The first kappa shape index (κ1) is 18.3. The first-order valence-electron chi connectivity index (χ1n) is 9.15. The topological polar surface area (TPSA) is 50.8 Å². The van der Waals surface area contributed by atoms with Crippen molar-refractivity contribution in [3.05, 3.63) is 54.1 Å². The van der Waals surface area contributed by atoms with Gasteiger partial charge in [0.15, 0.2) is 11.5 Å². The van der Waals surface area contributed by atoms with Crippen molar-refractivity contribution in [2.24, 2.45) is 5.92 Å². The fourth-order valence-electron chi connectivity index (χ4n) is 3.30. The molecule has 26 heavy (non-hydrogen) atoms. The van der Waals surface area contributed by atoms with Gasteiger partial charge in [0.25, 0.3) is 5.91 Å². The van der Waals surface area contributed by atoms with E-state index in [1.807, 2.05) is 67.4 Å². The highest BCUT2D eigenvalue weighted by Gasteiger charge is 2.28. The minimum absolute atomic E-state index is 0.0214. The Balaban J connectivity index is 1.80. The van der Waals surface area contributed by atoms with E-state index in [0.717, 1.165) is 26.1 Å². The first-order chi connectivity index (χ1) is 12.7. The number of para-hydroxylation sites is 3. The molecular formula is C21H26N2O3. The smallest absolute Gasteiger partial charge is 0.257 e. The summed E-state index contributed by atoms with van der Waals surface area (Å²) < 4.78 is 11.7. The summed E-state index contributed by atoms with van der Waals surface area (Å²) in [5, 5.41) is 3.19. The number of carbonyl (C=O) groups excluding carboxylic acids is 1. The van der Waals surface area contributed by atoms with Crippen molar-refractivity contribution >= 4 is 5.91 Å². The molecule has 2 aromatic carbocycles. The van der Waals surface area contributed by atoms with Crippen LogP contribution in [0.2, 0.25) is 0 Å². The largest absolute Gasteiger partial charge is 0.490 e. The van der Waals surface area contributed by atoms with Crippen molar-refractivity contribution in [2.75, 3.05) is 33.3 Å². The predicted molar refractivity (Wildman–Crippen MR) is 102 cm³/mol. The summed E-state index contributed by atoms with van der Waals surface area (Å²) in [5.74, 6) is 2.38. The van der Waals surface area contributed by atoms with Gasteiger partial charge in [-0.25, -0.2) is 0 Å². The van der Waals surface area contributed by atoms with E-state index in [-0.39, 0.29) is 5.91 Å². The number of amides is 1. The van der Waals surface area contributed by atoms with E-state index < -0.39 is 0 Å². The average Bonchev–Trinajstić information content (AvgIpc) is 3.12. The zero-order valence-corrected chi connectivity index (χ0v) is 15.4. The second kappa shape index (κ2) is 8.72. The molecule has 0 radical (unpaired) electrons. The van der Waals surface area contributed by atoms with Crippen LogP contribution in [0.15, 0.2) is 48.5 Å². The fraction of sp³-hybridized carbons (Fsp3) is 0.381. The van der Waals surface area contributed by atoms with Gasteiger partial charge >= 0.3 is 0 Å². The van der Waals surface area contributed by atoms with Crippen molar-refractivity contribution in [1.82, 2.24) is 10.2 Å². The maximum Gasteiger partial charge on any atom is 0.257 e. The molecule has 0 aliphatic carbocycles. The van der Waals surface area contributed by atoms with Crippen molar-refractivity contribution in [3.63, 3.8) is 0 Å². The van der Waals surface area contributed by atoms with Crippen LogP contribution in [0.5, 0.6) is 17.2 Å². The molecule has 1 aliphatic heterocycles. The van der Waals surface area contributed by atoms with E-state index in [2.05, 4.69) is 5.32 Å². The van der Waals surface area contributed by atoms with Crippen molar-refractivity contribution < 1.29 is 14.3 Å². The van der Waals surface area contributed by atoms with Crippen LogP contribution in [-0.4, -0.2) is 44.1 Å². The SMILES string of the molecule is CCOc1ccccc1Oc1ccccc1C(=O)N1CC[C@H](CNC)C1. The second-order valence-electron chi connectivity index (χ2n) is 6.44. The lowest BCUT2D eigenvalue weighted by atomic mass is 10.1. The maximum atomic E-state index is 13.0. The molecule has 3 rings (SSSR count). The number of benzene rings is 2. The lowest BCUT2D eigenvalue weighted by Gasteiger charge is -2.19. The van der Waals surface area contributed by atoms with Crippen molar-refractivity contribution in [1.29, 1.82) is 0 Å². The molecule has 2 aromatic rings. The van der Waals surface area contributed by atoms with Gasteiger partial charge < -0.3 is 19.7 Å². The summed E-state index contributed by atoms with van der Waals surface area (Å²) in [6, 6.07) is 14.9. The highest BCUT2D eigenvalue weighted by atomic mass is 16.5. The van der Waals surface area contributed by atoms with Gasteiger partial charge in [0, 0.05) is 13.1 Å². The first-order valence-corrected chi connectivity index (χ1v) is 9.15. The highest BCUT2D eigenvalue weighted by molar-refractivity contribution is 5.97. The van der Waals surface area contributed by atoms with E-state index in [4.69, 9.17) is 9.47 Å². The third-order valence-electron chi connectivity index (χ3n) is 4.55. The third kappa shape index (κ3) is 4.17. The Kier molecular flexibility index (Phi) is 6.12. The standard InChI is InChI=1S/C21H26N2O3/c1-3-25-19-10-6-7-11-20(19)26-18-9-5-4-8-17(18)21(24)23-13-12-16(15-23)14-22-2/h4-11,16,22H,3,12-15H2,1-2H3/t16-/m1/s1. The maximum absolute atomic E-state index is 13.0. The molecule has 5 nitrogen and oxygen atoms in total. The molecule has 1 fully saturated rings. The molecule has 1 atom stereocenters. The predicted octanol–water partition coefficient (Wildman–Crippen LogP) is 3.56. The summed E-state index contributed by atoms with van der Waals surface area (Å²) in [6.45, 7) is 4.99. The minimum Gasteiger partial charge on any atom is -0.490 e. The number of nitrogens with one attached hydrogen (secondary N) is 1. The van der Waals surface area contributed by atoms with Gasteiger partial charge in [-0.2, -0.15) is 0 Å². The van der Waals surface area contributed by atoms with Crippen LogP contribution in [0.4, 0.5) is 0 Å². The monoisotopic (exact) mass is 354 g/mol. The molecular weight excluding hydrogens is 328 g/mol. The van der Waals surface area contributed by atoms with Gasteiger partial charge in [-0.1, -0.05) is 24.3 Å². The van der Waals surface area contributed by atoms with E-state index >= 15 is 0 Å². The van der Waals surface area contributed by atoms with Gasteiger partial charge in [0.2, 0.25) is 0 Å². The summed E-state index contributed by atoms with van der Waals surface area (Å²) >= 11 is 0. The Bertz CT molecular complexity index is 748. The normalized spacial score (nSPS) is 16.5. The zero-order valence-electron chi connectivity index (χ0n) is 15.4. The quantitative estimate of drug-likeness (QED) is 0.826. The summed E-state index contributed by atoms with van der Waals surface area (Å²) in [6.07, 6.45) is 1.03. The minimum atomic E-state index is 0.0214. The summed E-state index contributed by atoms with van der Waals surface area (Å²) in [4.78, 5) is 14.9. The van der Waals surface area contributed by atoms with Gasteiger partial charge in [-0.15, -0.1) is 0 Å². The second-order valence-corrected chi connectivity index (χ2v) is 6.44. The van der Waals surface area contributed by atoms with Crippen LogP contribution in [0.3, 0.4) is 0 Å². The number of likely N-dealkylation sites (tertiary alicyclic amines) is 1. The lowest BCUT2D eigenvalue weighted by Crippen LogP contribution is -2.30. The number of carbonyl (C=O) groups is 1. The summed E-state index contributed by atoms with van der Waals surface area (Å²) in [5.41, 5.74) is 0.587. The molecule has 0 unspecified atom stereocenters. The van der Waals surface area contributed by atoms with E-state index in [1.54, 1.807) is 0 Å². The average molecular weight is 354 g/mol. The Morgan fingerprint density at radius 3 is 2.54 bits per heavy atom. The highest BCUT2D eigenvalue weighted by Crippen LogP contribution is 2.33. The van der Waals surface area contributed by atoms with E-state index in [0.29, 0.717) is 35.3 Å². The Labute approximate surface area is 154 Å². The molecule has 1 heterocycles. The van der Waals surface area contributed by atoms with Gasteiger partial charge in [-0.3, -0.25) is 4.79 Å². The zero-order chi connectivity index (χ0) is 18.4. The molecule has 5 heteroatoms. The van der Waals surface area contributed by atoms with Gasteiger partial charge in [0.1, 0.15) is 5.75 Å². The number of rotatable bonds is 7. The van der Waals surface area contributed by atoms with Crippen molar-refractivity contribution in [2.45, 2.75) is 13.3 Å². The molecule has 0 spiro atoms. The van der Waals surface area contributed by atoms with Crippen LogP contribution in [0.1, 0.15) is 23.7 Å². The van der Waals surface area contributed by atoms with E-state index in [1.165, 1.54) is 0 Å². The molecule has 1 amide bonds. The molecule has 1 N–H and O–H groups in total. The number of hydrogen-bond donors (Lipinski definition) is 1. The molecule has 138 valence electrons. The molecule has 1 saturated heterocycles. The van der Waals surface area contributed by atoms with E-state index in [9.17, 15) is 4.79 Å². The molecule has 1 aliphatic rings. The Hall–Kier alpha value is -2.53. The van der Waals surface area contributed by atoms with Crippen LogP contribution in [0.25, 0.3) is 0 Å². The van der Waals surface area contributed by atoms with Crippen LogP contribution in [0, 0.1) is 5.92 Å². The third-order valence-corrected chi connectivity index (χ3v) is 4.55. The number of hydrogen-bond acceptors (Lipinski definition) is 4. The van der Waals surface area contributed by atoms with Crippen LogP contribution in [-0.2, 0) is 0 Å². The number of ether oxygens (including phenoxy) is 2. The van der Waals surface area contributed by atoms with Crippen LogP contribution < -0.4 is 14.8 Å². The molecule has 0 bridgehead atoms. The van der Waals surface area contributed by atoms with Gasteiger partial charge in [-0.05, 0) is 57.1 Å². The summed E-state index contributed by atoms with van der Waals surface area (Å²) in [7, 11) is 1.95. The molecule has 0 aromatic heterocycles. The molecule has 0 saturated carbocycles. The van der Waals surface area contributed by atoms with Gasteiger partial charge in [0.05, 0.1) is 12.2 Å². The Morgan fingerprint density at radius 2 is 1.81 bits per heavy atom. The van der Waals surface area contributed by atoms with Crippen molar-refractivity contribution in [3.8, 4) is 17.2 Å². The number of nitrogens with zero attached hydrogens (tertiary/aromatic N) is 1.